The normalized spacial score (nSPS) is 14.8. The second kappa shape index (κ2) is 6.70. The van der Waals surface area contributed by atoms with Crippen LogP contribution in [-0.4, -0.2) is 18.0 Å². The molecule has 6 heteroatoms. The molecule has 0 saturated carbocycles. The maximum atomic E-state index is 6.16. The molecule has 2 N–H and O–H groups in total. The molecule has 104 valence electrons. The number of rotatable bonds is 5. The first-order valence-electron chi connectivity index (χ1n) is 5.92. The minimum absolute atomic E-state index is 0.0750. The zero-order valence-corrected chi connectivity index (χ0v) is 14.7. The van der Waals surface area contributed by atoms with Gasteiger partial charge in [-0.05, 0) is 54.2 Å². The lowest BCUT2D eigenvalue weighted by atomic mass is 10.1. The summed E-state index contributed by atoms with van der Waals surface area (Å²) >= 11 is 12.9. The molecule has 0 aliphatic heterocycles. The van der Waals surface area contributed by atoms with E-state index in [1.165, 1.54) is 9.75 Å². The Balaban J connectivity index is 2.15. The van der Waals surface area contributed by atoms with E-state index in [2.05, 4.69) is 53.0 Å². The summed E-state index contributed by atoms with van der Waals surface area (Å²) in [7, 11) is 2.11. The predicted molar refractivity (Wildman–Crippen MR) is 89.2 cm³/mol. The first-order chi connectivity index (χ1) is 8.97. The Kier molecular flexibility index (Phi) is 5.45. The molecule has 0 spiro atoms. The lowest BCUT2D eigenvalue weighted by molar-refractivity contribution is 0.216. The molecule has 0 aromatic carbocycles. The van der Waals surface area contributed by atoms with Gasteiger partial charge >= 0.3 is 0 Å². The Morgan fingerprint density at radius 2 is 2.05 bits per heavy atom. The molecule has 2 aromatic heterocycles. The van der Waals surface area contributed by atoms with Gasteiger partial charge in [-0.3, -0.25) is 4.90 Å². The van der Waals surface area contributed by atoms with Crippen LogP contribution in [0.4, 0.5) is 0 Å². The Labute approximate surface area is 135 Å². The van der Waals surface area contributed by atoms with Crippen LogP contribution in [0.3, 0.4) is 0 Å². The van der Waals surface area contributed by atoms with Crippen molar-refractivity contribution in [3.63, 3.8) is 0 Å². The molecule has 2 nitrogen and oxygen atoms in total. The van der Waals surface area contributed by atoms with Crippen molar-refractivity contribution in [1.82, 2.24) is 4.90 Å². The summed E-state index contributed by atoms with van der Waals surface area (Å²) in [4.78, 5) is 4.83. The molecule has 2 unspecified atom stereocenters. The van der Waals surface area contributed by atoms with Gasteiger partial charge in [0.15, 0.2) is 0 Å². The summed E-state index contributed by atoms with van der Waals surface area (Å²) in [6.45, 7) is 2.91. The smallest absolute Gasteiger partial charge is 0.0931 e. The van der Waals surface area contributed by atoms with E-state index in [-0.39, 0.29) is 12.1 Å². The van der Waals surface area contributed by atoms with Crippen LogP contribution in [0.25, 0.3) is 0 Å². The highest BCUT2D eigenvalue weighted by atomic mass is 79.9. The third kappa shape index (κ3) is 4.03. The molecule has 0 amide bonds. The molecule has 2 heterocycles. The first kappa shape index (κ1) is 15.5. The van der Waals surface area contributed by atoms with Crippen molar-refractivity contribution in [2.45, 2.75) is 25.6 Å². The summed E-state index contributed by atoms with van der Waals surface area (Å²) < 4.78 is 1.97. The maximum Gasteiger partial charge on any atom is 0.0931 e. The molecule has 0 fully saturated rings. The quantitative estimate of drug-likeness (QED) is 0.812. The summed E-state index contributed by atoms with van der Waals surface area (Å²) in [5.41, 5.74) is 6.16. The van der Waals surface area contributed by atoms with Crippen molar-refractivity contribution in [3.8, 4) is 0 Å². The third-order valence-electron chi connectivity index (χ3n) is 2.89. The minimum Gasteiger partial charge on any atom is -0.326 e. The average molecular weight is 380 g/mol. The van der Waals surface area contributed by atoms with E-state index in [9.17, 15) is 0 Å². The second-order valence-electron chi connectivity index (χ2n) is 4.57. The van der Waals surface area contributed by atoms with Gasteiger partial charge in [0.2, 0.25) is 0 Å². The van der Waals surface area contributed by atoms with Gasteiger partial charge in [-0.25, -0.2) is 0 Å². The van der Waals surface area contributed by atoms with Crippen molar-refractivity contribution >= 4 is 50.2 Å². The highest BCUT2D eigenvalue weighted by Crippen LogP contribution is 2.33. The maximum absolute atomic E-state index is 6.16. The summed E-state index contributed by atoms with van der Waals surface area (Å²) in [6, 6.07) is 8.53. The fourth-order valence-corrected chi connectivity index (χ4v) is 5.00. The van der Waals surface area contributed by atoms with Gasteiger partial charge < -0.3 is 5.73 Å². The molecule has 2 rings (SSSR count). The largest absolute Gasteiger partial charge is 0.326 e. The summed E-state index contributed by atoms with van der Waals surface area (Å²) in [6.07, 6.45) is 0. The minimum atomic E-state index is 0.0750. The zero-order chi connectivity index (χ0) is 14.0. The second-order valence-corrected chi connectivity index (χ2v) is 8.86. The number of hydrogen-bond donors (Lipinski definition) is 1. The molecule has 0 aliphatic rings. The molecule has 0 radical (unpaired) electrons. The van der Waals surface area contributed by atoms with Crippen molar-refractivity contribution in [2.75, 3.05) is 7.05 Å². The van der Waals surface area contributed by atoms with Gasteiger partial charge in [-0.2, -0.15) is 0 Å². The van der Waals surface area contributed by atoms with Gasteiger partial charge in [0.25, 0.3) is 0 Å². The predicted octanol–water partition coefficient (Wildman–Crippen LogP) is 4.75. The van der Waals surface area contributed by atoms with Crippen molar-refractivity contribution in [3.05, 3.63) is 42.1 Å². The fraction of sp³-hybridized carbons (Fsp3) is 0.385. The van der Waals surface area contributed by atoms with Crippen LogP contribution >= 0.6 is 50.2 Å². The molecule has 0 saturated heterocycles. The van der Waals surface area contributed by atoms with Crippen LogP contribution < -0.4 is 5.73 Å². The number of hydrogen-bond acceptors (Lipinski definition) is 4. The highest BCUT2D eigenvalue weighted by Gasteiger charge is 2.23. The van der Waals surface area contributed by atoms with E-state index < -0.39 is 0 Å². The molecule has 0 bridgehead atoms. The van der Waals surface area contributed by atoms with E-state index in [4.69, 9.17) is 17.3 Å². The SMILES string of the molecule is CC(N)C(c1ccc(Br)s1)N(C)Cc1ccc(Cl)s1. The average Bonchev–Trinajstić information content (AvgIpc) is 2.88. The van der Waals surface area contributed by atoms with Crippen LogP contribution in [-0.2, 0) is 6.54 Å². The molecular formula is C13H16BrClN2S2. The lowest BCUT2D eigenvalue weighted by Crippen LogP contribution is -2.36. The Morgan fingerprint density at radius 1 is 1.32 bits per heavy atom. The van der Waals surface area contributed by atoms with Crippen LogP contribution in [0, 0.1) is 0 Å². The zero-order valence-electron chi connectivity index (χ0n) is 10.8. The fourth-order valence-electron chi connectivity index (χ4n) is 2.15. The third-order valence-corrected chi connectivity index (χ3v) is 5.80. The highest BCUT2D eigenvalue weighted by molar-refractivity contribution is 9.11. The van der Waals surface area contributed by atoms with E-state index >= 15 is 0 Å². The number of nitrogens with zero attached hydrogens (tertiary/aromatic N) is 1. The monoisotopic (exact) mass is 378 g/mol. The van der Waals surface area contributed by atoms with Crippen LogP contribution in [0.2, 0.25) is 4.34 Å². The molecule has 2 atom stereocenters. The molecule has 0 aliphatic carbocycles. The van der Waals surface area contributed by atoms with Gasteiger partial charge in [0.1, 0.15) is 0 Å². The Morgan fingerprint density at radius 3 is 2.53 bits per heavy atom. The van der Waals surface area contributed by atoms with Gasteiger partial charge in [0.05, 0.1) is 14.2 Å². The van der Waals surface area contributed by atoms with Crippen LogP contribution in [0.1, 0.15) is 22.7 Å². The molecule has 19 heavy (non-hydrogen) atoms. The topological polar surface area (TPSA) is 29.3 Å². The standard InChI is InChI=1S/C13H16BrClN2S2/c1-8(16)13(10-4-5-11(14)19-10)17(2)7-9-3-6-12(15)18-9/h3-6,8,13H,7,16H2,1-2H3. The molecule has 2 aromatic rings. The van der Waals surface area contributed by atoms with Crippen LogP contribution in [0.15, 0.2) is 28.1 Å². The van der Waals surface area contributed by atoms with E-state index in [0.717, 1.165) is 14.7 Å². The van der Waals surface area contributed by atoms with Gasteiger partial charge in [0, 0.05) is 22.3 Å². The van der Waals surface area contributed by atoms with E-state index in [1.807, 2.05) is 6.07 Å². The summed E-state index contributed by atoms with van der Waals surface area (Å²) in [5.74, 6) is 0. The summed E-state index contributed by atoms with van der Waals surface area (Å²) in [5, 5.41) is 0. The lowest BCUT2D eigenvalue weighted by Gasteiger charge is -2.29. The number of thiophene rings is 2. The van der Waals surface area contributed by atoms with Crippen molar-refractivity contribution < 1.29 is 0 Å². The Hall–Kier alpha value is 0.0900. The van der Waals surface area contributed by atoms with Crippen molar-refractivity contribution in [1.29, 1.82) is 0 Å². The molecular weight excluding hydrogens is 364 g/mol. The number of likely N-dealkylation sites (N-methyl/N-ethyl adjacent to an activating group) is 1. The van der Waals surface area contributed by atoms with Gasteiger partial charge in [-0.1, -0.05) is 11.6 Å². The number of halogens is 2. The first-order valence-corrected chi connectivity index (χ1v) is 8.73. The number of nitrogens with two attached hydrogens (primary N) is 1. The van der Waals surface area contributed by atoms with Crippen molar-refractivity contribution in [2.24, 2.45) is 5.73 Å². The Bertz CT molecular complexity index is 538. The van der Waals surface area contributed by atoms with E-state index in [0.29, 0.717) is 0 Å². The van der Waals surface area contributed by atoms with E-state index in [1.54, 1.807) is 22.7 Å². The van der Waals surface area contributed by atoms with Gasteiger partial charge in [-0.15, -0.1) is 22.7 Å². The van der Waals surface area contributed by atoms with Crippen LogP contribution in [0.5, 0.6) is 0 Å².